The lowest BCUT2D eigenvalue weighted by Gasteiger charge is -2.23. The summed E-state index contributed by atoms with van der Waals surface area (Å²) in [6.07, 6.45) is 1.24. The maximum atomic E-state index is 13.8. The van der Waals surface area contributed by atoms with Crippen LogP contribution in [0.2, 0.25) is 5.02 Å². The minimum atomic E-state index is -0.683. The average Bonchev–Trinajstić information content (AvgIpc) is 2.87. The highest BCUT2D eigenvalue weighted by Crippen LogP contribution is 2.23. The summed E-state index contributed by atoms with van der Waals surface area (Å²) in [5.41, 5.74) is -0.0781. The van der Waals surface area contributed by atoms with Gasteiger partial charge in [0.1, 0.15) is 11.9 Å². The molecule has 1 atom stereocenters. The van der Waals surface area contributed by atoms with Gasteiger partial charge in [0.25, 0.3) is 5.91 Å². The molecule has 108 valence electrons. The Hall–Kier alpha value is -1.62. The zero-order chi connectivity index (χ0) is 14.7. The molecule has 0 spiro atoms. The van der Waals surface area contributed by atoms with Crippen LogP contribution in [0.25, 0.3) is 0 Å². The fourth-order valence-electron chi connectivity index (χ4n) is 2.31. The van der Waals surface area contributed by atoms with Gasteiger partial charge in [-0.15, -0.1) is 0 Å². The van der Waals surface area contributed by atoms with Crippen molar-refractivity contribution >= 4 is 23.5 Å². The summed E-state index contributed by atoms with van der Waals surface area (Å²) in [7, 11) is 0. The number of nitrogens with zero attached hydrogens (tertiary/aromatic N) is 1. The number of likely N-dealkylation sites (tertiary alicyclic amines) is 1. The van der Waals surface area contributed by atoms with Crippen molar-refractivity contribution in [1.82, 2.24) is 4.90 Å². The van der Waals surface area contributed by atoms with Gasteiger partial charge in [0.2, 0.25) is 0 Å². The molecule has 0 radical (unpaired) electrons. The normalized spacial score (nSPS) is 18.1. The molecule has 1 amide bonds. The maximum absolute atomic E-state index is 13.8. The Morgan fingerprint density at radius 2 is 2.25 bits per heavy atom. The zero-order valence-electron chi connectivity index (χ0n) is 11.1. The van der Waals surface area contributed by atoms with Crippen LogP contribution in [-0.4, -0.2) is 36.0 Å². The number of amides is 1. The van der Waals surface area contributed by atoms with Gasteiger partial charge in [-0.25, -0.2) is 9.18 Å². The molecule has 6 heteroatoms. The van der Waals surface area contributed by atoms with Crippen LogP contribution >= 0.6 is 11.6 Å². The molecule has 1 aliphatic rings. The number of hydrogen-bond acceptors (Lipinski definition) is 3. The molecule has 1 saturated heterocycles. The lowest BCUT2D eigenvalue weighted by atomic mass is 10.1. The number of hydrogen-bond donors (Lipinski definition) is 0. The molecule has 0 N–H and O–H groups in total. The fraction of sp³-hybridized carbons (Fsp3) is 0.429. The number of benzene rings is 1. The minimum absolute atomic E-state index is 0.0781. The SMILES string of the molecule is CCOC(=O)C1CCCN1C(=O)c1ccc(Cl)cc1F. The average molecular weight is 300 g/mol. The number of carbonyl (C=O) groups excluding carboxylic acids is 2. The smallest absolute Gasteiger partial charge is 0.328 e. The van der Waals surface area contributed by atoms with E-state index in [4.69, 9.17) is 16.3 Å². The van der Waals surface area contributed by atoms with Gasteiger partial charge in [0.15, 0.2) is 0 Å². The van der Waals surface area contributed by atoms with Gasteiger partial charge in [-0.05, 0) is 38.0 Å². The molecular weight excluding hydrogens is 285 g/mol. The summed E-state index contributed by atoms with van der Waals surface area (Å²) in [5.74, 6) is -1.63. The van der Waals surface area contributed by atoms with Crippen molar-refractivity contribution in [3.63, 3.8) is 0 Å². The lowest BCUT2D eigenvalue weighted by Crippen LogP contribution is -2.41. The van der Waals surface area contributed by atoms with Crippen LogP contribution < -0.4 is 0 Å². The van der Waals surface area contributed by atoms with E-state index in [2.05, 4.69) is 0 Å². The summed E-state index contributed by atoms with van der Waals surface area (Å²) in [4.78, 5) is 25.5. The molecule has 1 heterocycles. The third kappa shape index (κ3) is 2.93. The van der Waals surface area contributed by atoms with Crippen molar-refractivity contribution in [1.29, 1.82) is 0 Å². The molecular formula is C14H15ClFNO3. The number of carbonyl (C=O) groups is 2. The van der Waals surface area contributed by atoms with Gasteiger partial charge >= 0.3 is 5.97 Å². The molecule has 2 rings (SSSR count). The molecule has 1 fully saturated rings. The van der Waals surface area contributed by atoms with Crippen molar-refractivity contribution < 1.29 is 18.7 Å². The van der Waals surface area contributed by atoms with E-state index < -0.39 is 23.7 Å². The van der Waals surface area contributed by atoms with E-state index in [-0.39, 0.29) is 17.2 Å². The van der Waals surface area contributed by atoms with Crippen LogP contribution in [0.4, 0.5) is 4.39 Å². The minimum Gasteiger partial charge on any atom is -0.464 e. The molecule has 1 aliphatic heterocycles. The van der Waals surface area contributed by atoms with E-state index in [0.29, 0.717) is 19.4 Å². The largest absolute Gasteiger partial charge is 0.464 e. The van der Waals surface area contributed by atoms with E-state index in [1.165, 1.54) is 17.0 Å². The zero-order valence-corrected chi connectivity index (χ0v) is 11.8. The molecule has 0 saturated carbocycles. The van der Waals surface area contributed by atoms with E-state index in [1.807, 2.05) is 0 Å². The van der Waals surface area contributed by atoms with Gasteiger partial charge in [-0.3, -0.25) is 4.79 Å². The predicted molar refractivity (Wildman–Crippen MR) is 72.1 cm³/mol. The first-order chi connectivity index (χ1) is 9.54. The van der Waals surface area contributed by atoms with Gasteiger partial charge in [-0.2, -0.15) is 0 Å². The highest BCUT2D eigenvalue weighted by atomic mass is 35.5. The van der Waals surface area contributed by atoms with Crippen LogP contribution in [0.15, 0.2) is 18.2 Å². The van der Waals surface area contributed by atoms with Crippen molar-refractivity contribution in [3.8, 4) is 0 Å². The second kappa shape index (κ2) is 6.22. The summed E-state index contributed by atoms with van der Waals surface area (Å²) >= 11 is 5.66. The standard InChI is InChI=1S/C14H15ClFNO3/c1-2-20-14(19)12-4-3-7-17(12)13(18)10-6-5-9(15)8-11(10)16/h5-6,8,12H,2-4,7H2,1H3. The van der Waals surface area contributed by atoms with Gasteiger partial charge in [0, 0.05) is 11.6 Å². The molecule has 1 unspecified atom stereocenters. The Balaban J connectivity index is 2.21. The summed E-state index contributed by atoms with van der Waals surface area (Å²) in [6, 6.07) is 3.25. The molecule has 0 aliphatic carbocycles. The molecule has 1 aromatic carbocycles. The topological polar surface area (TPSA) is 46.6 Å². The second-order valence-corrected chi connectivity index (χ2v) is 4.97. The van der Waals surface area contributed by atoms with E-state index in [9.17, 15) is 14.0 Å². The van der Waals surface area contributed by atoms with Crippen LogP contribution in [0, 0.1) is 5.82 Å². The fourth-order valence-corrected chi connectivity index (χ4v) is 2.47. The van der Waals surface area contributed by atoms with Gasteiger partial charge in [0.05, 0.1) is 12.2 Å². The van der Waals surface area contributed by atoms with E-state index in [1.54, 1.807) is 6.92 Å². The third-order valence-electron chi connectivity index (χ3n) is 3.23. The van der Waals surface area contributed by atoms with Crippen LogP contribution in [0.5, 0.6) is 0 Å². The molecule has 4 nitrogen and oxygen atoms in total. The first-order valence-corrected chi connectivity index (χ1v) is 6.85. The Morgan fingerprint density at radius 1 is 1.50 bits per heavy atom. The van der Waals surface area contributed by atoms with Crippen LogP contribution in [0.1, 0.15) is 30.1 Å². The predicted octanol–water partition coefficient (Wildman–Crippen LogP) is 2.65. The summed E-state index contributed by atoms with van der Waals surface area (Å²) in [5, 5.41) is 0.224. The van der Waals surface area contributed by atoms with Gasteiger partial charge in [-0.1, -0.05) is 11.6 Å². The Morgan fingerprint density at radius 3 is 2.90 bits per heavy atom. The first-order valence-electron chi connectivity index (χ1n) is 6.47. The van der Waals surface area contributed by atoms with E-state index >= 15 is 0 Å². The highest BCUT2D eigenvalue weighted by molar-refractivity contribution is 6.30. The van der Waals surface area contributed by atoms with Crippen LogP contribution in [0.3, 0.4) is 0 Å². The Kier molecular flexibility index (Phi) is 4.60. The van der Waals surface area contributed by atoms with Crippen molar-refractivity contribution in [2.45, 2.75) is 25.8 Å². The van der Waals surface area contributed by atoms with Gasteiger partial charge < -0.3 is 9.64 Å². The number of rotatable bonds is 3. The maximum Gasteiger partial charge on any atom is 0.328 e. The second-order valence-electron chi connectivity index (χ2n) is 4.53. The third-order valence-corrected chi connectivity index (χ3v) is 3.47. The summed E-state index contributed by atoms with van der Waals surface area (Å²) < 4.78 is 18.7. The Labute approximate surface area is 121 Å². The lowest BCUT2D eigenvalue weighted by molar-refractivity contribution is -0.147. The molecule has 1 aromatic rings. The molecule has 0 aromatic heterocycles. The monoisotopic (exact) mass is 299 g/mol. The van der Waals surface area contributed by atoms with E-state index in [0.717, 1.165) is 6.07 Å². The highest BCUT2D eigenvalue weighted by Gasteiger charge is 2.36. The van der Waals surface area contributed by atoms with Crippen LogP contribution in [-0.2, 0) is 9.53 Å². The molecule has 20 heavy (non-hydrogen) atoms. The van der Waals surface area contributed by atoms with Crippen molar-refractivity contribution in [2.24, 2.45) is 0 Å². The molecule has 0 bridgehead atoms. The van der Waals surface area contributed by atoms with Crippen molar-refractivity contribution in [2.75, 3.05) is 13.2 Å². The number of ether oxygens (including phenoxy) is 1. The number of esters is 1. The summed E-state index contributed by atoms with van der Waals surface area (Å²) in [6.45, 7) is 2.38. The van der Waals surface area contributed by atoms with Crippen molar-refractivity contribution in [3.05, 3.63) is 34.6 Å². The quantitative estimate of drug-likeness (QED) is 0.806. The first kappa shape index (κ1) is 14.8. The Bertz CT molecular complexity index is 535. The number of halogens is 2.